The van der Waals surface area contributed by atoms with Crippen LogP contribution in [0.3, 0.4) is 0 Å². The summed E-state index contributed by atoms with van der Waals surface area (Å²) < 4.78 is 32.0. The third kappa shape index (κ3) is 11.1. The molecular formula is C20H41BO10S. The standard InChI is InChI=1S/C20H38O7S.BH3O3/c1-5-9-11-15(7-3)13-17(18(21)22)20(19(23)24,28(25,26)27)14-16(8-4)12-10-6-2;2-1(3)4/h15-17H,5-14H2,1-4H3,(H,21,22)(H,23,24)(H,25,26,27);2-4H. The van der Waals surface area contributed by atoms with Crippen LogP contribution < -0.4 is 0 Å². The minimum absolute atomic E-state index is 0.0812. The molecule has 0 rings (SSSR count). The molecular weight excluding hydrogens is 443 g/mol. The van der Waals surface area contributed by atoms with Crippen molar-refractivity contribution in [2.24, 2.45) is 17.8 Å². The number of unbranched alkanes of at least 4 members (excludes halogenated alkanes) is 2. The van der Waals surface area contributed by atoms with Gasteiger partial charge in [0.1, 0.15) is 0 Å². The summed E-state index contributed by atoms with van der Waals surface area (Å²) in [6.07, 6.45) is 5.37. The van der Waals surface area contributed by atoms with Crippen LogP contribution in [-0.2, 0) is 19.7 Å². The molecule has 0 aliphatic heterocycles. The van der Waals surface area contributed by atoms with Crippen molar-refractivity contribution in [3.05, 3.63) is 0 Å². The molecule has 12 heteroatoms. The largest absolute Gasteiger partial charge is 0.631 e. The maximum Gasteiger partial charge on any atom is 0.631 e. The lowest BCUT2D eigenvalue weighted by Crippen LogP contribution is -2.56. The lowest BCUT2D eigenvalue weighted by atomic mass is 9.76. The van der Waals surface area contributed by atoms with Crippen molar-refractivity contribution in [3.8, 4) is 0 Å². The topological polar surface area (TPSA) is 190 Å². The van der Waals surface area contributed by atoms with Gasteiger partial charge in [-0.3, -0.25) is 14.1 Å². The molecule has 10 nitrogen and oxygen atoms in total. The Kier molecular flexibility index (Phi) is 16.9. The van der Waals surface area contributed by atoms with Crippen LogP contribution >= 0.6 is 0 Å². The average molecular weight is 484 g/mol. The molecule has 0 radical (unpaired) electrons. The van der Waals surface area contributed by atoms with Crippen molar-refractivity contribution in [1.82, 2.24) is 0 Å². The van der Waals surface area contributed by atoms with Gasteiger partial charge in [-0.2, -0.15) is 8.42 Å². The summed E-state index contributed by atoms with van der Waals surface area (Å²) in [7, 11) is -7.32. The van der Waals surface area contributed by atoms with Gasteiger partial charge in [-0.05, 0) is 24.7 Å². The van der Waals surface area contributed by atoms with Crippen molar-refractivity contribution >= 4 is 29.4 Å². The van der Waals surface area contributed by atoms with E-state index in [-0.39, 0.29) is 18.3 Å². The van der Waals surface area contributed by atoms with Crippen LogP contribution in [0.4, 0.5) is 0 Å². The SMILES string of the molecule is CCCCC(CC)CC(C(=O)O)C(CC(CC)CCCC)(C(=O)O)S(=O)(=O)O.OB(O)O. The van der Waals surface area contributed by atoms with E-state index in [9.17, 15) is 32.8 Å². The lowest BCUT2D eigenvalue weighted by Gasteiger charge is -2.36. The first-order chi connectivity index (χ1) is 14.7. The van der Waals surface area contributed by atoms with Crippen molar-refractivity contribution in [1.29, 1.82) is 0 Å². The van der Waals surface area contributed by atoms with E-state index < -0.39 is 46.5 Å². The van der Waals surface area contributed by atoms with Crippen molar-refractivity contribution in [3.63, 3.8) is 0 Å². The molecule has 0 aromatic rings. The number of carboxylic acids is 2. The molecule has 0 fully saturated rings. The number of hydrogen-bond acceptors (Lipinski definition) is 7. The summed E-state index contributed by atoms with van der Waals surface area (Å²) in [5.74, 6) is -5.37. The summed E-state index contributed by atoms with van der Waals surface area (Å²) in [5, 5.41) is 41.2. The fourth-order valence-electron chi connectivity index (χ4n) is 3.95. The summed E-state index contributed by atoms with van der Waals surface area (Å²) in [4.78, 5) is 24.3. The molecule has 4 atom stereocenters. The molecule has 32 heavy (non-hydrogen) atoms. The first-order valence-electron chi connectivity index (χ1n) is 11.2. The minimum Gasteiger partial charge on any atom is -0.481 e. The summed E-state index contributed by atoms with van der Waals surface area (Å²) in [6.45, 7) is 7.67. The number of carboxylic acid groups (broad SMARTS) is 2. The van der Waals surface area contributed by atoms with Crippen LogP contribution in [0.1, 0.15) is 91.9 Å². The van der Waals surface area contributed by atoms with Crippen LogP contribution in [-0.4, -0.2) is 62.3 Å². The fourth-order valence-corrected chi connectivity index (χ4v) is 5.18. The highest BCUT2D eigenvalue weighted by molar-refractivity contribution is 7.88. The lowest BCUT2D eigenvalue weighted by molar-refractivity contribution is -0.153. The van der Waals surface area contributed by atoms with E-state index in [1.165, 1.54) is 0 Å². The second kappa shape index (κ2) is 16.4. The molecule has 0 bridgehead atoms. The second-order valence-electron chi connectivity index (χ2n) is 8.18. The molecule has 0 amide bonds. The molecule has 4 unspecified atom stereocenters. The van der Waals surface area contributed by atoms with Crippen LogP contribution in [0.5, 0.6) is 0 Å². The van der Waals surface area contributed by atoms with Gasteiger partial charge in [0, 0.05) is 0 Å². The zero-order chi connectivity index (χ0) is 25.5. The van der Waals surface area contributed by atoms with Gasteiger partial charge in [-0.15, -0.1) is 0 Å². The Morgan fingerprint density at radius 3 is 1.56 bits per heavy atom. The minimum atomic E-state index is -5.15. The average Bonchev–Trinajstić information content (AvgIpc) is 2.67. The van der Waals surface area contributed by atoms with Gasteiger partial charge in [0.2, 0.25) is 4.75 Å². The maximum absolute atomic E-state index is 12.4. The third-order valence-corrected chi connectivity index (χ3v) is 7.48. The molecule has 0 aromatic heterocycles. The molecule has 0 saturated carbocycles. The monoisotopic (exact) mass is 484 g/mol. The highest BCUT2D eigenvalue weighted by atomic mass is 32.2. The predicted molar refractivity (Wildman–Crippen MR) is 121 cm³/mol. The Balaban J connectivity index is 0. The Labute approximate surface area is 192 Å². The summed E-state index contributed by atoms with van der Waals surface area (Å²) in [5.41, 5.74) is 0. The van der Waals surface area contributed by atoms with E-state index in [1.54, 1.807) is 0 Å². The fraction of sp³-hybridized carbons (Fsp3) is 0.900. The number of rotatable bonds is 16. The van der Waals surface area contributed by atoms with Crippen LogP contribution in [0.2, 0.25) is 0 Å². The Morgan fingerprint density at radius 1 is 0.875 bits per heavy atom. The van der Waals surface area contributed by atoms with Gasteiger partial charge in [0.05, 0.1) is 5.92 Å². The quantitative estimate of drug-likeness (QED) is 0.140. The van der Waals surface area contributed by atoms with E-state index in [1.807, 2.05) is 27.7 Å². The molecule has 0 aliphatic carbocycles. The smallest absolute Gasteiger partial charge is 0.481 e. The highest BCUT2D eigenvalue weighted by Crippen LogP contribution is 2.41. The van der Waals surface area contributed by atoms with Gasteiger partial charge in [0.25, 0.3) is 10.1 Å². The third-order valence-electron chi connectivity index (χ3n) is 5.93. The first kappa shape index (κ1) is 33.0. The van der Waals surface area contributed by atoms with Gasteiger partial charge >= 0.3 is 19.3 Å². The molecule has 0 saturated heterocycles. The van der Waals surface area contributed by atoms with E-state index in [0.717, 1.165) is 25.7 Å². The van der Waals surface area contributed by atoms with Crippen molar-refractivity contribution < 1.29 is 47.8 Å². The number of aliphatic carboxylic acids is 2. The number of hydrogen-bond donors (Lipinski definition) is 6. The maximum atomic E-state index is 12.4. The van der Waals surface area contributed by atoms with E-state index in [4.69, 9.17) is 15.1 Å². The van der Waals surface area contributed by atoms with Crippen LogP contribution in [0.25, 0.3) is 0 Å². The van der Waals surface area contributed by atoms with E-state index >= 15 is 0 Å². The van der Waals surface area contributed by atoms with Crippen LogP contribution in [0, 0.1) is 17.8 Å². The summed E-state index contributed by atoms with van der Waals surface area (Å²) in [6, 6.07) is 0. The normalized spacial score (nSPS) is 16.1. The van der Waals surface area contributed by atoms with E-state index in [2.05, 4.69) is 0 Å². The first-order valence-corrected chi connectivity index (χ1v) is 12.7. The molecule has 190 valence electrons. The molecule has 0 aromatic carbocycles. The van der Waals surface area contributed by atoms with Gasteiger partial charge in [0.15, 0.2) is 0 Å². The molecule has 0 heterocycles. The van der Waals surface area contributed by atoms with Crippen molar-refractivity contribution in [2.45, 2.75) is 96.7 Å². The summed E-state index contributed by atoms with van der Waals surface area (Å²) >= 11 is 0. The molecule has 0 aliphatic rings. The molecule has 6 N–H and O–H groups in total. The Bertz CT molecular complexity index is 638. The van der Waals surface area contributed by atoms with Gasteiger partial charge in [-0.25, -0.2) is 0 Å². The zero-order valence-corrected chi connectivity index (χ0v) is 20.4. The van der Waals surface area contributed by atoms with Crippen molar-refractivity contribution in [2.75, 3.05) is 0 Å². The Hall–Kier alpha value is -1.21. The predicted octanol–water partition coefficient (Wildman–Crippen LogP) is 2.56. The zero-order valence-electron chi connectivity index (χ0n) is 19.6. The van der Waals surface area contributed by atoms with Gasteiger partial charge in [-0.1, -0.05) is 79.1 Å². The highest BCUT2D eigenvalue weighted by Gasteiger charge is 2.60. The van der Waals surface area contributed by atoms with Gasteiger partial charge < -0.3 is 25.3 Å². The van der Waals surface area contributed by atoms with E-state index in [0.29, 0.717) is 25.7 Å². The second-order valence-corrected chi connectivity index (χ2v) is 9.86. The number of carbonyl (C=O) groups is 2. The Morgan fingerprint density at radius 2 is 1.28 bits per heavy atom. The van der Waals surface area contributed by atoms with Crippen LogP contribution in [0.15, 0.2) is 0 Å². The molecule has 0 spiro atoms.